The predicted molar refractivity (Wildman–Crippen MR) is 52.0 cm³/mol. The van der Waals surface area contributed by atoms with Gasteiger partial charge in [0.15, 0.2) is 18.1 Å². The Balaban J connectivity index is 2.51. The Morgan fingerprint density at radius 1 is 1.27 bits per heavy atom. The molecule has 1 aliphatic carbocycles. The fourth-order valence-electron chi connectivity index (χ4n) is 1.38. The van der Waals surface area contributed by atoms with Crippen LogP contribution in [0.3, 0.4) is 0 Å². The smallest absolute Gasteiger partial charge is 0.362 e. The predicted octanol–water partition coefficient (Wildman–Crippen LogP) is -0.464. The van der Waals surface area contributed by atoms with Gasteiger partial charge < -0.3 is 9.22 Å². The zero-order valence-corrected chi connectivity index (χ0v) is 9.28. The zero-order valence-electron chi connectivity index (χ0n) is 9.28. The molecule has 0 aliphatic heterocycles. The third-order valence-corrected chi connectivity index (χ3v) is 2.06. The number of quaternary nitrogens is 1. The van der Waals surface area contributed by atoms with Gasteiger partial charge in [0.05, 0.1) is 21.1 Å². The van der Waals surface area contributed by atoms with E-state index in [1.165, 1.54) is 0 Å². The van der Waals surface area contributed by atoms with Crippen LogP contribution in [0, 0.1) is 0 Å². The van der Waals surface area contributed by atoms with Crippen LogP contribution in [0.1, 0.15) is 12.8 Å². The van der Waals surface area contributed by atoms with Crippen molar-refractivity contribution in [2.24, 2.45) is 0 Å². The third kappa shape index (κ3) is 3.43. The summed E-state index contributed by atoms with van der Waals surface area (Å²) in [5.41, 5.74) is 0. The summed E-state index contributed by atoms with van der Waals surface area (Å²) in [5, 5.41) is 0. The highest BCUT2D eigenvalue weighted by molar-refractivity contribution is 6.12. The van der Waals surface area contributed by atoms with E-state index in [9.17, 15) is 14.4 Å². The second-order valence-electron chi connectivity index (χ2n) is 4.75. The van der Waals surface area contributed by atoms with Crippen LogP contribution in [0.2, 0.25) is 0 Å². The molecule has 0 aromatic heterocycles. The van der Waals surface area contributed by atoms with Crippen LogP contribution >= 0.6 is 0 Å². The molecule has 1 aliphatic rings. The lowest BCUT2D eigenvalue weighted by Crippen LogP contribution is -2.42. The minimum atomic E-state index is -1.14. The molecule has 5 heteroatoms. The van der Waals surface area contributed by atoms with Crippen molar-refractivity contribution in [1.29, 1.82) is 0 Å². The standard InChI is InChI=1S/C10H16NO4/c1-11(2,3)6-9(14)15-10-7(12)4-5-8(10)13/h10H,4-6H2,1-3H3/q+1. The average molecular weight is 214 g/mol. The van der Waals surface area contributed by atoms with Gasteiger partial charge in [0.2, 0.25) is 6.10 Å². The molecule has 0 aromatic rings. The molecule has 1 saturated carbocycles. The molecule has 0 atom stereocenters. The first-order valence-corrected chi connectivity index (χ1v) is 4.85. The van der Waals surface area contributed by atoms with Gasteiger partial charge in [-0.2, -0.15) is 0 Å². The summed E-state index contributed by atoms with van der Waals surface area (Å²) in [4.78, 5) is 33.7. The SMILES string of the molecule is C[N+](C)(C)CC(=O)OC1C(=O)CCC1=O. The van der Waals surface area contributed by atoms with E-state index in [0.29, 0.717) is 4.48 Å². The maximum Gasteiger partial charge on any atom is 0.362 e. The Morgan fingerprint density at radius 3 is 2.13 bits per heavy atom. The number of ether oxygens (including phenoxy) is 1. The molecule has 84 valence electrons. The summed E-state index contributed by atoms with van der Waals surface area (Å²) in [6.45, 7) is 0.150. The molecule has 0 heterocycles. The van der Waals surface area contributed by atoms with Crippen molar-refractivity contribution < 1.29 is 23.6 Å². The third-order valence-electron chi connectivity index (χ3n) is 2.06. The van der Waals surface area contributed by atoms with Crippen LogP contribution in [-0.4, -0.2) is 55.8 Å². The molecule has 0 spiro atoms. The van der Waals surface area contributed by atoms with Gasteiger partial charge in [-0.3, -0.25) is 9.59 Å². The van der Waals surface area contributed by atoms with Gasteiger partial charge in [-0.25, -0.2) is 4.79 Å². The van der Waals surface area contributed by atoms with Crippen LogP contribution in [-0.2, 0) is 19.1 Å². The number of Topliss-reactive ketones (excluding diaryl/α,β-unsaturated/α-hetero) is 2. The first kappa shape index (κ1) is 11.8. The van der Waals surface area contributed by atoms with Crippen molar-refractivity contribution in [3.63, 3.8) is 0 Å². The summed E-state index contributed by atoms with van der Waals surface area (Å²) in [5.74, 6) is -1.07. The first-order chi connectivity index (χ1) is 6.79. The first-order valence-electron chi connectivity index (χ1n) is 4.85. The van der Waals surface area contributed by atoms with Crippen molar-refractivity contribution in [2.75, 3.05) is 27.7 Å². The topological polar surface area (TPSA) is 60.4 Å². The minimum Gasteiger partial charge on any atom is -0.442 e. The van der Waals surface area contributed by atoms with E-state index in [1.54, 1.807) is 0 Å². The Hall–Kier alpha value is -1.23. The monoisotopic (exact) mass is 214 g/mol. The second kappa shape index (κ2) is 4.10. The Labute approximate surface area is 88.6 Å². The van der Waals surface area contributed by atoms with E-state index >= 15 is 0 Å². The number of ketones is 2. The second-order valence-corrected chi connectivity index (χ2v) is 4.75. The molecule has 1 rings (SSSR count). The summed E-state index contributed by atoms with van der Waals surface area (Å²) >= 11 is 0. The molecule has 1 fully saturated rings. The van der Waals surface area contributed by atoms with Crippen molar-refractivity contribution >= 4 is 17.5 Å². The lowest BCUT2D eigenvalue weighted by molar-refractivity contribution is -0.862. The van der Waals surface area contributed by atoms with Crippen LogP contribution in [0.25, 0.3) is 0 Å². The van der Waals surface area contributed by atoms with Crippen LogP contribution in [0.4, 0.5) is 0 Å². The number of hydrogen-bond donors (Lipinski definition) is 0. The van der Waals surface area contributed by atoms with Crippen LogP contribution in [0.5, 0.6) is 0 Å². The largest absolute Gasteiger partial charge is 0.442 e. The van der Waals surface area contributed by atoms with E-state index < -0.39 is 12.1 Å². The molecule has 0 bridgehead atoms. The average Bonchev–Trinajstić information content (AvgIpc) is 2.32. The van der Waals surface area contributed by atoms with E-state index in [1.807, 2.05) is 21.1 Å². The molecule has 15 heavy (non-hydrogen) atoms. The lowest BCUT2D eigenvalue weighted by atomic mass is 10.3. The summed E-state index contributed by atoms with van der Waals surface area (Å²) < 4.78 is 5.27. The number of carbonyl (C=O) groups excluding carboxylic acids is 3. The molecule has 0 unspecified atom stereocenters. The van der Waals surface area contributed by atoms with Crippen LogP contribution < -0.4 is 0 Å². The molecule has 5 nitrogen and oxygen atoms in total. The van der Waals surface area contributed by atoms with E-state index in [2.05, 4.69) is 0 Å². The number of esters is 1. The Morgan fingerprint density at radius 2 is 1.73 bits per heavy atom. The van der Waals surface area contributed by atoms with Crippen LogP contribution in [0.15, 0.2) is 0 Å². The molecule has 0 aromatic carbocycles. The molecule has 0 radical (unpaired) electrons. The Kier molecular flexibility index (Phi) is 3.24. The summed E-state index contributed by atoms with van der Waals surface area (Å²) in [6, 6.07) is 0. The number of hydrogen-bond acceptors (Lipinski definition) is 4. The number of likely N-dealkylation sites (N-methyl/N-ethyl adjacent to an activating group) is 1. The lowest BCUT2D eigenvalue weighted by Gasteiger charge is -2.22. The summed E-state index contributed by atoms with van der Waals surface area (Å²) in [7, 11) is 5.50. The molecule has 0 N–H and O–H groups in total. The van der Waals surface area contributed by atoms with Crippen molar-refractivity contribution in [3.8, 4) is 0 Å². The number of nitrogens with zero attached hydrogens (tertiary/aromatic N) is 1. The van der Waals surface area contributed by atoms with Gasteiger partial charge in [-0.05, 0) is 0 Å². The van der Waals surface area contributed by atoms with Gasteiger partial charge in [-0.15, -0.1) is 0 Å². The van der Waals surface area contributed by atoms with Gasteiger partial charge in [0.1, 0.15) is 0 Å². The van der Waals surface area contributed by atoms with Gasteiger partial charge >= 0.3 is 5.97 Å². The van der Waals surface area contributed by atoms with Crippen molar-refractivity contribution in [3.05, 3.63) is 0 Å². The van der Waals surface area contributed by atoms with E-state index in [0.717, 1.165) is 0 Å². The highest BCUT2D eigenvalue weighted by Gasteiger charge is 2.36. The number of rotatable bonds is 3. The zero-order chi connectivity index (χ0) is 11.6. The maximum atomic E-state index is 11.4. The van der Waals surface area contributed by atoms with E-state index in [-0.39, 0.29) is 31.0 Å². The fraction of sp³-hybridized carbons (Fsp3) is 0.700. The normalized spacial score (nSPS) is 18.3. The van der Waals surface area contributed by atoms with E-state index in [4.69, 9.17) is 4.74 Å². The van der Waals surface area contributed by atoms with Gasteiger partial charge in [-0.1, -0.05) is 0 Å². The van der Waals surface area contributed by atoms with Gasteiger partial charge in [0.25, 0.3) is 0 Å². The van der Waals surface area contributed by atoms with Crippen molar-refractivity contribution in [2.45, 2.75) is 18.9 Å². The molecule has 0 saturated heterocycles. The minimum absolute atomic E-state index is 0.150. The van der Waals surface area contributed by atoms with Gasteiger partial charge in [0, 0.05) is 12.8 Å². The Bertz CT molecular complexity index is 287. The highest BCUT2D eigenvalue weighted by atomic mass is 16.6. The number of carbonyl (C=O) groups is 3. The highest BCUT2D eigenvalue weighted by Crippen LogP contribution is 2.14. The maximum absolute atomic E-state index is 11.4. The quantitative estimate of drug-likeness (QED) is 0.362. The molecule has 0 amide bonds. The molecular weight excluding hydrogens is 198 g/mol. The van der Waals surface area contributed by atoms with Crippen molar-refractivity contribution in [1.82, 2.24) is 0 Å². The molecular formula is C10H16NO4+. The fourth-order valence-corrected chi connectivity index (χ4v) is 1.38. The summed E-state index contributed by atoms with van der Waals surface area (Å²) in [6.07, 6.45) is -0.744.